The van der Waals surface area contributed by atoms with Gasteiger partial charge < -0.3 is 10.0 Å². The van der Waals surface area contributed by atoms with Crippen LogP contribution in [-0.2, 0) is 6.54 Å². The summed E-state index contributed by atoms with van der Waals surface area (Å²) >= 11 is 1.39. The Labute approximate surface area is 122 Å². The van der Waals surface area contributed by atoms with Crippen molar-refractivity contribution in [3.63, 3.8) is 0 Å². The number of carboxylic acids is 1. The zero-order valence-corrected chi connectivity index (χ0v) is 12.5. The molecule has 0 amide bonds. The van der Waals surface area contributed by atoms with E-state index >= 15 is 0 Å². The molecular formula is C14H17N3O2S. The molecule has 1 N–H and O–H groups in total. The Morgan fingerprint density at radius 3 is 2.80 bits per heavy atom. The highest BCUT2D eigenvalue weighted by Gasteiger charge is 2.11. The highest BCUT2D eigenvalue weighted by Crippen LogP contribution is 2.19. The van der Waals surface area contributed by atoms with Gasteiger partial charge in [-0.2, -0.15) is 4.37 Å². The molecule has 5 nitrogen and oxygen atoms in total. The van der Waals surface area contributed by atoms with Gasteiger partial charge in [-0.25, -0.2) is 9.78 Å². The molecule has 0 bridgehead atoms. The molecule has 0 aliphatic carbocycles. The standard InChI is InChI=1S/C14H17N3O2S/c1-9(2)13-15-12(20-16-13)8-17(3)11-6-4-5-10(7-11)14(18)19/h4-7,9H,8H2,1-3H3,(H,18,19). The average Bonchev–Trinajstić information content (AvgIpc) is 2.87. The minimum absolute atomic E-state index is 0.287. The molecule has 0 spiro atoms. The molecule has 0 radical (unpaired) electrons. The Kier molecular flexibility index (Phi) is 4.34. The molecule has 0 saturated carbocycles. The summed E-state index contributed by atoms with van der Waals surface area (Å²) in [5.41, 5.74) is 1.14. The molecule has 1 aromatic heterocycles. The molecule has 1 heterocycles. The smallest absolute Gasteiger partial charge is 0.335 e. The van der Waals surface area contributed by atoms with Gasteiger partial charge in [-0.3, -0.25) is 0 Å². The van der Waals surface area contributed by atoms with Gasteiger partial charge in [-0.05, 0) is 29.7 Å². The van der Waals surface area contributed by atoms with Crippen LogP contribution in [0.3, 0.4) is 0 Å². The van der Waals surface area contributed by atoms with E-state index in [4.69, 9.17) is 5.11 Å². The summed E-state index contributed by atoms with van der Waals surface area (Å²) in [5.74, 6) is 0.261. The van der Waals surface area contributed by atoms with E-state index in [0.717, 1.165) is 16.5 Å². The van der Waals surface area contributed by atoms with Crippen molar-refractivity contribution in [2.75, 3.05) is 11.9 Å². The van der Waals surface area contributed by atoms with Crippen molar-refractivity contribution in [1.29, 1.82) is 0 Å². The maximum Gasteiger partial charge on any atom is 0.335 e. The van der Waals surface area contributed by atoms with Crippen LogP contribution in [0.15, 0.2) is 24.3 Å². The Morgan fingerprint density at radius 2 is 2.20 bits per heavy atom. The fraction of sp³-hybridized carbons (Fsp3) is 0.357. The van der Waals surface area contributed by atoms with E-state index < -0.39 is 5.97 Å². The van der Waals surface area contributed by atoms with E-state index in [-0.39, 0.29) is 5.56 Å². The van der Waals surface area contributed by atoms with Gasteiger partial charge in [0.15, 0.2) is 0 Å². The highest BCUT2D eigenvalue weighted by molar-refractivity contribution is 7.05. The minimum Gasteiger partial charge on any atom is -0.478 e. The monoisotopic (exact) mass is 291 g/mol. The van der Waals surface area contributed by atoms with Gasteiger partial charge in [-0.15, -0.1) is 0 Å². The number of carboxylic acid groups (broad SMARTS) is 1. The van der Waals surface area contributed by atoms with Crippen LogP contribution in [0.25, 0.3) is 0 Å². The largest absolute Gasteiger partial charge is 0.478 e. The van der Waals surface area contributed by atoms with Crippen molar-refractivity contribution in [3.8, 4) is 0 Å². The molecule has 20 heavy (non-hydrogen) atoms. The summed E-state index contributed by atoms with van der Waals surface area (Å²) in [4.78, 5) is 17.4. The maximum absolute atomic E-state index is 11.0. The second-order valence-electron chi connectivity index (χ2n) is 4.91. The summed E-state index contributed by atoms with van der Waals surface area (Å²) in [6.07, 6.45) is 0. The van der Waals surface area contributed by atoms with E-state index in [1.54, 1.807) is 18.2 Å². The first-order valence-electron chi connectivity index (χ1n) is 6.34. The zero-order chi connectivity index (χ0) is 14.7. The lowest BCUT2D eigenvalue weighted by Crippen LogP contribution is -2.16. The first-order valence-corrected chi connectivity index (χ1v) is 7.11. The minimum atomic E-state index is -0.918. The van der Waals surface area contributed by atoms with Crippen molar-refractivity contribution in [2.45, 2.75) is 26.3 Å². The number of carbonyl (C=O) groups is 1. The van der Waals surface area contributed by atoms with E-state index in [2.05, 4.69) is 23.2 Å². The number of benzene rings is 1. The van der Waals surface area contributed by atoms with Crippen LogP contribution in [0.1, 0.15) is 41.0 Å². The second kappa shape index (κ2) is 6.00. The summed E-state index contributed by atoms with van der Waals surface area (Å²) in [6.45, 7) is 4.74. The Morgan fingerprint density at radius 1 is 1.45 bits per heavy atom. The number of rotatable bonds is 5. The SMILES string of the molecule is CC(C)c1nsc(CN(C)c2cccc(C(=O)O)c2)n1. The molecule has 0 aliphatic heterocycles. The molecule has 6 heteroatoms. The topological polar surface area (TPSA) is 66.3 Å². The predicted octanol–water partition coefficient (Wildman–Crippen LogP) is 3.00. The van der Waals surface area contributed by atoms with Gasteiger partial charge >= 0.3 is 5.97 Å². The Bertz CT molecular complexity index is 610. The Hall–Kier alpha value is -1.95. The van der Waals surface area contributed by atoms with Crippen LogP contribution in [0.5, 0.6) is 0 Å². The van der Waals surface area contributed by atoms with Gasteiger partial charge in [0.2, 0.25) is 0 Å². The van der Waals surface area contributed by atoms with Crippen molar-refractivity contribution in [1.82, 2.24) is 9.36 Å². The lowest BCUT2D eigenvalue weighted by Gasteiger charge is -2.17. The molecule has 0 aliphatic rings. The quantitative estimate of drug-likeness (QED) is 0.917. The number of aromatic nitrogens is 2. The third kappa shape index (κ3) is 3.33. The molecule has 2 aromatic rings. The number of aromatic carboxylic acids is 1. The molecule has 1 aromatic carbocycles. The summed E-state index contributed by atoms with van der Waals surface area (Å²) in [6, 6.07) is 6.87. The summed E-state index contributed by atoms with van der Waals surface area (Å²) in [7, 11) is 1.91. The highest BCUT2D eigenvalue weighted by atomic mass is 32.1. The van der Waals surface area contributed by atoms with Gasteiger partial charge in [0.05, 0.1) is 12.1 Å². The van der Waals surface area contributed by atoms with Crippen molar-refractivity contribution in [2.24, 2.45) is 0 Å². The molecule has 0 unspecified atom stereocenters. The average molecular weight is 291 g/mol. The van der Waals surface area contributed by atoms with E-state index in [9.17, 15) is 4.79 Å². The van der Waals surface area contributed by atoms with E-state index in [1.807, 2.05) is 18.0 Å². The number of nitrogens with zero attached hydrogens (tertiary/aromatic N) is 3. The van der Waals surface area contributed by atoms with Crippen LogP contribution in [0, 0.1) is 0 Å². The summed E-state index contributed by atoms with van der Waals surface area (Å²) < 4.78 is 4.32. The number of anilines is 1. The first-order chi connectivity index (χ1) is 9.47. The number of hydrogen-bond donors (Lipinski definition) is 1. The molecule has 0 saturated heterocycles. The molecule has 0 atom stereocenters. The zero-order valence-electron chi connectivity index (χ0n) is 11.7. The first kappa shape index (κ1) is 14.5. The van der Waals surface area contributed by atoms with Crippen LogP contribution >= 0.6 is 11.5 Å². The third-order valence-electron chi connectivity index (χ3n) is 2.91. The fourth-order valence-corrected chi connectivity index (χ4v) is 2.57. The normalized spacial score (nSPS) is 10.8. The molecule has 106 valence electrons. The molecular weight excluding hydrogens is 274 g/mol. The predicted molar refractivity (Wildman–Crippen MR) is 79.5 cm³/mol. The fourth-order valence-electron chi connectivity index (χ4n) is 1.74. The molecule has 0 fully saturated rings. The third-order valence-corrected chi connectivity index (χ3v) is 3.62. The van der Waals surface area contributed by atoms with Crippen LogP contribution in [0.4, 0.5) is 5.69 Å². The second-order valence-corrected chi connectivity index (χ2v) is 5.75. The van der Waals surface area contributed by atoms with Crippen LogP contribution in [-0.4, -0.2) is 27.5 Å². The van der Waals surface area contributed by atoms with E-state index in [1.165, 1.54) is 11.5 Å². The van der Waals surface area contributed by atoms with E-state index in [0.29, 0.717) is 12.5 Å². The van der Waals surface area contributed by atoms with Crippen LogP contribution in [0.2, 0.25) is 0 Å². The van der Waals surface area contributed by atoms with Gasteiger partial charge in [0.25, 0.3) is 0 Å². The number of hydrogen-bond acceptors (Lipinski definition) is 5. The lowest BCUT2D eigenvalue weighted by molar-refractivity contribution is 0.0697. The van der Waals surface area contributed by atoms with Crippen molar-refractivity contribution >= 4 is 23.2 Å². The summed E-state index contributed by atoms with van der Waals surface area (Å²) in [5, 5.41) is 9.93. The van der Waals surface area contributed by atoms with Crippen molar-refractivity contribution in [3.05, 3.63) is 40.7 Å². The van der Waals surface area contributed by atoms with Crippen LogP contribution < -0.4 is 4.90 Å². The van der Waals surface area contributed by atoms with Gasteiger partial charge in [-0.1, -0.05) is 19.9 Å². The van der Waals surface area contributed by atoms with Gasteiger partial charge in [0, 0.05) is 18.7 Å². The lowest BCUT2D eigenvalue weighted by atomic mass is 10.2. The maximum atomic E-state index is 11.0. The van der Waals surface area contributed by atoms with Crippen molar-refractivity contribution < 1.29 is 9.90 Å². The molecule has 2 rings (SSSR count). The van der Waals surface area contributed by atoms with Gasteiger partial charge in [0.1, 0.15) is 10.8 Å². The Balaban J connectivity index is 2.12.